The van der Waals surface area contributed by atoms with E-state index in [1.165, 1.54) is 0 Å². The molecule has 0 spiro atoms. The van der Waals surface area contributed by atoms with Crippen LogP contribution in [0.15, 0.2) is 60.8 Å². The Morgan fingerprint density at radius 1 is 1.08 bits per heavy atom. The van der Waals surface area contributed by atoms with Crippen molar-refractivity contribution in [3.05, 3.63) is 82.5 Å². The summed E-state index contributed by atoms with van der Waals surface area (Å²) in [7, 11) is 1.67. The third kappa shape index (κ3) is 6.00. The van der Waals surface area contributed by atoms with Crippen molar-refractivity contribution in [1.82, 2.24) is 15.1 Å². The van der Waals surface area contributed by atoms with Gasteiger partial charge in [0.2, 0.25) is 0 Å². The van der Waals surface area contributed by atoms with Crippen LogP contribution >= 0.6 is 11.6 Å². The predicted octanol–water partition coefficient (Wildman–Crippen LogP) is 6.51. The second-order valence-electron chi connectivity index (χ2n) is 9.81. The molecule has 0 bridgehead atoms. The third-order valence-electron chi connectivity index (χ3n) is 6.54. The van der Waals surface area contributed by atoms with Crippen LogP contribution in [-0.4, -0.2) is 40.4 Å². The number of carboxylic acids is 1. The van der Waals surface area contributed by atoms with Crippen molar-refractivity contribution >= 4 is 34.4 Å². The van der Waals surface area contributed by atoms with Crippen molar-refractivity contribution in [2.75, 3.05) is 13.7 Å². The van der Waals surface area contributed by atoms with Gasteiger partial charge in [0, 0.05) is 28.9 Å². The fraction of sp³-hybridized carbons (Fsp3) is 0.300. The first-order chi connectivity index (χ1) is 18.2. The minimum atomic E-state index is -0.948. The zero-order chi connectivity index (χ0) is 27.4. The number of nitrogens with zero attached hydrogens (tertiary/aromatic N) is 2. The molecule has 0 saturated carbocycles. The van der Waals surface area contributed by atoms with E-state index >= 15 is 0 Å². The fourth-order valence-corrected chi connectivity index (χ4v) is 4.92. The summed E-state index contributed by atoms with van der Waals surface area (Å²) in [4.78, 5) is 23.1. The molecule has 0 saturated heterocycles. The fourth-order valence-electron chi connectivity index (χ4n) is 4.69. The molecule has 1 amide bonds. The number of halogens is 1. The number of carbonyl (C=O) groups excluding carboxylic acids is 1. The molecule has 0 radical (unpaired) electrons. The number of hydrogen-bond acceptors (Lipinski definition) is 4. The lowest BCUT2D eigenvalue weighted by atomic mass is 9.96. The Morgan fingerprint density at radius 2 is 1.79 bits per heavy atom. The van der Waals surface area contributed by atoms with Gasteiger partial charge in [0.15, 0.2) is 0 Å². The number of aryl methyl sites for hydroxylation is 1. The molecule has 1 atom stereocenters. The highest BCUT2D eigenvalue weighted by Gasteiger charge is 2.21. The first-order valence-corrected chi connectivity index (χ1v) is 13.0. The van der Waals surface area contributed by atoms with E-state index in [0.717, 1.165) is 45.3 Å². The summed E-state index contributed by atoms with van der Waals surface area (Å²) >= 11 is 6.18. The Labute approximate surface area is 227 Å². The molecule has 1 unspecified atom stereocenters. The monoisotopic (exact) mass is 533 g/mol. The largest absolute Gasteiger partial charge is 0.495 e. The maximum Gasteiger partial charge on any atom is 0.305 e. The van der Waals surface area contributed by atoms with Crippen LogP contribution in [0, 0.1) is 12.8 Å². The highest BCUT2D eigenvalue weighted by Crippen LogP contribution is 2.39. The lowest BCUT2D eigenvalue weighted by Crippen LogP contribution is -2.26. The van der Waals surface area contributed by atoms with Gasteiger partial charge >= 0.3 is 5.97 Å². The SMILES string of the molecule is COc1c(-c2ccc(Cl)cc2C)ccc2nn(C(CC(C)C)c3ccc(C(=O)NCCC(=O)O)cc3)cc12. The van der Waals surface area contributed by atoms with Gasteiger partial charge in [0.25, 0.3) is 5.91 Å². The van der Waals surface area contributed by atoms with Gasteiger partial charge in [-0.25, -0.2) is 0 Å². The summed E-state index contributed by atoms with van der Waals surface area (Å²) in [6.07, 6.45) is 2.77. The van der Waals surface area contributed by atoms with Crippen LogP contribution in [0.4, 0.5) is 0 Å². The molecular formula is C30H32ClN3O4. The van der Waals surface area contributed by atoms with Crippen LogP contribution < -0.4 is 10.1 Å². The maximum absolute atomic E-state index is 12.4. The van der Waals surface area contributed by atoms with Gasteiger partial charge in [-0.2, -0.15) is 5.10 Å². The number of aromatic nitrogens is 2. The first-order valence-electron chi connectivity index (χ1n) is 12.6. The van der Waals surface area contributed by atoms with E-state index in [-0.39, 0.29) is 24.9 Å². The van der Waals surface area contributed by atoms with Gasteiger partial charge < -0.3 is 15.2 Å². The molecule has 7 nitrogen and oxygen atoms in total. The second kappa shape index (κ2) is 11.7. The molecule has 8 heteroatoms. The van der Waals surface area contributed by atoms with Gasteiger partial charge in [-0.15, -0.1) is 0 Å². The molecule has 4 rings (SSSR count). The lowest BCUT2D eigenvalue weighted by molar-refractivity contribution is -0.136. The van der Waals surface area contributed by atoms with Crippen molar-refractivity contribution in [1.29, 1.82) is 0 Å². The Morgan fingerprint density at radius 3 is 2.42 bits per heavy atom. The number of ether oxygens (including phenoxy) is 1. The van der Waals surface area contributed by atoms with Gasteiger partial charge in [-0.1, -0.05) is 43.6 Å². The number of fused-ring (bicyclic) bond motifs is 1. The quantitative estimate of drug-likeness (QED) is 0.242. The van der Waals surface area contributed by atoms with E-state index in [1.807, 2.05) is 60.3 Å². The second-order valence-corrected chi connectivity index (χ2v) is 10.3. The van der Waals surface area contributed by atoms with Crippen LogP contribution in [0.25, 0.3) is 22.0 Å². The first kappa shape index (κ1) is 27.2. The highest BCUT2D eigenvalue weighted by atomic mass is 35.5. The van der Waals surface area contributed by atoms with Crippen molar-refractivity contribution in [3.63, 3.8) is 0 Å². The van der Waals surface area contributed by atoms with Crippen molar-refractivity contribution in [3.8, 4) is 16.9 Å². The Balaban J connectivity index is 1.69. The number of amides is 1. The van der Waals surface area contributed by atoms with Gasteiger partial charge in [0.1, 0.15) is 5.75 Å². The average molecular weight is 534 g/mol. The number of carbonyl (C=O) groups is 2. The van der Waals surface area contributed by atoms with Crippen LogP contribution in [-0.2, 0) is 4.79 Å². The molecule has 198 valence electrons. The molecule has 0 aliphatic rings. The Kier molecular flexibility index (Phi) is 8.37. The summed E-state index contributed by atoms with van der Waals surface area (Å²) in [5.74, 6) is -0.0787. The molecule has 38 heavy (non-hydrogen) atoms. The Hall–Kier alpha value is -3.84. The van der Waals surface area contributed by atoms with Crippen LogP contribution in [0.1, 0.15) is 54.2 Å². The molecule has 4 aromatic rings. The van der Waals surface area contributed by atoms with Gasteiger partial charge in [0.05, 0.1) is 30.5 Å². The van der Waals surface area contributed by atoms with Crippen molar-refractivity contribution in [2.24, 2.45) is 5.92 Å². The molecule has 1 heterocycles. The number of hydrogen-bond donors (Lipinski definition) is 2. The van der Waals surface area contributed by atoms with E-state index < -0.39 is 5.97 Å². The summed E-state index contributed by atoms with van der Waals surface area (Å²) in [6, 6.07) is 17.2. The van der Waals surface area contributed by atoms with E-state index in [4.69, 9.17) is 26.5 Å². The lowest BCUT2D eigenvalue weighted by Gasteiger charge is -2.20. The predicted molar refractivity (Wildman–Crippen MR) is 150 cm³/mol. The minimum absolute atomic E-state index is 0.0445. The van der Waals surface area contributed by atoms with Crippen LogP contribution in [0.3, 0.4) is 0 Å². The molecule has 0 aliphatic heterocycles. The van der Waals surface area contributed by atoms with Gasteiger partial charge in [-0.3, -0.25) is 14.3 Å². The number of aliphatic carboxylic acids is 1. The number of rotatable bonds is 10. The zero-order valence-corrected chi connectivity index (χ0v) is 22.7. The topological polar surface area (TPSA) is 93.5 Å². The summed E-state index contributed by atoms with van der Waals surface area (Å²) in [6.45, 7) is 6.46. The summed E-state index contributed by atoms with van der Waals surface area (Å²) in [5.41, 5.74) is 5.44. The van der Waals surface area contributed by atoms with E-state index in [1.54, 1.807) is 19.2 Å². The molecular weight excluding hydrogens is 502 g/mol. The average Bonchev–Trinajstić information content (AvgIpc) is 3.31. The molecule has 3 aromatic carbocycles. The zero-order valence-electron chi connectivity index (χ0n) is 22.0. The van der Waals surface area contributed by atoms with E-state index in [9.17, 15) is 9.59 Å². The maximum atomic E-state index is 12.4. The van der Waals surface area contributed by atoms with Crippen LogP contribution in [0.5, 0.6) is 5.75 Å². The number of carboxylic acid groups (broad SMARTS) is 1. The smallest absolute Gasteiger partial charge is 0.305 e. The Bertz CT molecular complexity index is 1460. The van der Waals surface area contributed by atoms with E-state index in [0.29, 0.717) is 16.5 Å². The molecule has 0 aliphatic carbocycles. The van der Waals surface area contributed by atoms with E-state index in [2.05, 4.69) is 19.2 Å². The van der Waals surface area contributed by atoms with Gasteiger partial charge in [-0.05, 0) is 72.4 Å². The third-order valence-corrected chi connectivity index (χ3v) is 6.77. The highest BCUT2D eigenvalue weighted by molar-refractivity contribution is 6.30. The molecule has 0 fully saturated rings. The molecule has 2 N–H and O–H groups in total. The summed E-state index contributed by atoms with van der Waals surface area (Å²) in [5, 5.41) is 18.0. The number of benzene rings is 3. The standard InChI is InChI=1S/C30H32ClN3O4/c1-18(2)15-27(20-5-7-21(8-6-20)30(37)32-14-13-28(35)36)34-17-25-26(33-34)12-11-24(29(25)38-4)23-10-9-22(31)16-19(23)3/h5-12,16-18,27H,13-15H2,1-4H3,(H,32,37)(H,35,36). The number of methoxy groups -OCH3 is 1. The normalized spacial score (nSPS) is 12.1. The van der Waals surface area contributed by atoms with Crippen LogP contribution in [0.2, 0.25) is 5.02 Å². The molecule has 1 aromatic heterocycles. The number of nitrogens with one attached hydrogen (secondary N) is 1. The minimum Gasteiger partial charge on any atom is -0.495 e. The van der Waals surface area contributed by atoms with Crippen molar-refractivity contribution < 1.29 is 19.4 Å². The van der Waals surface area contributed by atoms with Crippen molar-refractivity contribution in [2.45, 2.75) is 39.7 Å². The summed E-state index contributed by atoms with van der Waals surface area (Å²) < 4.78 is 7.88.